The summed E-state index contributed by atoms with van der Waals surface area (Å²) in [5.41, 5.74) is 1.01. The minimum absolute atomic E-state index is 0.254. The van der Waals surface area contributed by atoms with Gasteiger partial charge in [0.15, 0.2) is 0 Å². The quantitative estimate of drug-likeness (QED) is 0.868. The van der Waals surface area contributed by atoms with Gasteiger partial charge in [-0.1, -0.05) is 0 Å². The van der Waals surface area contributed by atoms with E-state index in [4.69, 9.17) is 5.11 Å². The molecule has 94 valence electrons. The number of aromatic nitrogens is 2. The molecule has 1 aliphatic heterocycles. The number of hydrogen-bond donors (Lipinski definition) is 1. The van der Waals surface area contributed by atoms with Crippen molar-refractivity contribution < 1.29 is 5.11 Å². The zero-order valence-corrected chi connectivity index (χ0v) is 10.7. The van der Waals surface area contributed by atoms with Gasteiger partial charge in [-0.15, -0.1) is 0 Å². The minimum Gasteiger partial charge on any atom is -0.396 e. The van der Waals surface area contributed by atoms with Crippen molar-refractivity contribution >= 4 is 5.82 Å². The molecule has 0 radical (unpaired) electrons. The van der Waals surface area contributed by atoms with E-state index in [1.54, 1.807) is 0 Å². The van der Waals surface area contributed by atoms with Crippen molar-refractivity contribution in [1.82, 2.24) is 9.97 Å². The first-order chi connectivity index (χ1) is 8.20. The van der Waals surface area contributed by atoms with Crippen LogP contribution in [0, 0.1) is 13.8 Å². The predicted octanol–water partition coefficient (Wildman–Crippen LogP) is 1.83. The third kappa shape index (κ3) is 2.94. The maximum atomic E-state index is 9.13. The highest BCUT2D eigenvalue weighted by molar-refractivity contribution is 5.41. The Hall–Kier alpha value is -1.16. The lowest BCUT2D eigenvalue weighted by Crippen LogP contribution is -2.40. The molecule has 17 heavy (non-hydrogen) atoms. The van der Waals surface area contributed by atoms with Gasteiger partial charge in [-0.3, -0.25) is 0 Å². The molecule has 2 rings (SSSR count). The number of aliphatic hydroxyl groups excluding tert-OH is 1. The molecule has 1 aromatic rings. The molecule has 0 spiro atoms. The van der Waals surface area contributed by atoms with Gasteiger partial charge in [-0.25, -0.2) is 9.97 Å². The van der Waals surface area contributed by atoms with Gasteiger partial charge >= 0.3 is 0 Å². The number of anilines is 1. The van der Waals surface area contributed by atoms with Crippen LogP contribution < -0.4 is 4.90 Å². The Morgan fingerprint density at radius 3 is 2.88 bits per heavy atom. The van der Waals surface area contributed by atoms with Crippen LogP contribution in [0.3, 0.4) is 0 Å². The summed E-state index contributed by atoms with van der Waals surface area (Å²) in [6.45, 7) is 5.23. The summed E-state index contributed by atoms with van der Waals surface area (Å²) in [6, 6.07) is 2.48. The highest BCUT2D eigenvalue weighted by Crippen LogP contribution is 2.25. The molecule has 1 unspecified atom stereocenters. The Bertz CT molecular complexity index is 359. The summed E-state index contributed by atoms with van der Waals surface area (Å²) in [5, 5.41) is 9.13. The molecule has 0 amide bonds. The lowest BCUT2D eigenvalue weighted by molar-refractivity contribution is 0.262. The van der Waals surface area contributed by atoms with Gasteiger partial charge in [-0.05, 0) is 39.5 Å². The zero-order chi connectivity index (χ0) is 12.3. The van der Waals surface area contributed by atoms with Gasteiger partial charge < -0.3 is 10.0 Å². The van der Waals surface area contributed by atoms with Gasteiger partial charge in [0.05, 0.1) is 0 Å². The first-order valence-electron chi connectivity index (χ1n) is 6.40. The maximum Gasteiger partial charge on any atom is 0.132 e. The van der Waals surface area contributed by atoms with E-state index in [1.165, 1.54) is 12.8 Å². The average molecular weight is 235 g/mol. The van der Waals surface area contributed by atoms with E-state index < -0.39 is 0 Å². The molecule has 1 atom stereocenters. The van der Waals surface area contributed by atoms with E-state index >= 15 is 0 Å². The first-order valence-corrected chi connectivity index (χ1v) is 6.40. The molecular weight excluding hydrogens is 214 g/mol. The number of nitrogens with zero attached hydrogens (tertiary/aromatic N) is 3. The lowest BCUT2D eigenvalue weighted by atomic mass is 9.99. The highest BCUT2D eigenvalue weighted by atomic mass is 16.3. The fraction of sp³-hybridized carbons (Fsp3) is 0.692. The van der Waals surface area contributed by atoms with Crippen molar-refractivity contribution in [3.05, 3.63) is 17.6 Å². The Morgan fingerprint density at radius 2 is 2.18 bits per heavy atom. The Balaban J connectivity index is 2.22. The van der Waals surface area contributed by atoms with Crippen LogP contribution in [0.1, 0.15) is 37.2 Å². The summed E-state index contributed by atoms with van der Waals surface area (Å²) in [4.78, 5) is 11.2. The summed E-state index contributed by atoms with van der Waals surface area (Å²) >= 11 is 0. The largest absolute Gasteiger partial charge is 0.396 e. The Morgan fingerprint density at radius 1 is 1.35 bits per heavy atom. The standard InChI is InChI=1S/C13H21N3O/c1-10-9-13(15-11(2)14-10)16-7-4-3-5-12(16)6-8-17/h9,12,17H,3-8H2,1-2H3. The van der Waals surface area contributed by atoms with Gasteiger partial charge in [0.1, 0.15) is 11.6 Å². The number of rotatable bonds is 3. The van der Waals surface area contributed by atoms with Gasteiger partial charge in [0, 0.05) is 31.0 Å². The predicted molar refractivity (Wildman–Crippen MR) is 68.2 cm³/mol. The van der Waals surface area contributed by atoms with Crippen molar-refractivity contribution in [3.8, 4) is 0 Å². The van der Waals surface area contributed by atoms with Gasteiger partial charge in [0.2, 0.25) is 0 Å². The van der Waals surface area contributed by atoms with Crippen LogP contribution in [-0.4, -0.2) is 34.3 Å². The van der Waals surface area contributed by atoms with Crippen LogP contribution in [0.25, 0.3) is 0 Å². The molecule has 2 heterocycles. The van der Waals surface area contributed by atoms with Gasteiger partial charge in [-0.2, -0.15) is 0 Å². The van der Waals surface area contributed by atoms with E-state index in [0.29, 0.717) is 6.04 Å². The molecule has 4 nitrogen and oxygen atoms in total. The third-order valence-electron chi connectivity index (χ3n) is 3.34. The third-order valence-corrected chi connectivity index (χ3v) is 3.34. The monoisotopic (exact) mass is 235 g/mol. The van der Waals surface area contributed by atoms with E-state index in [1.807, 2.05) is 19.9 Å². The summed E-state index contributed by atoms with van der Waals surface area (Å²) < 4.78 is 0. The number of aryl methyl sites for hydroxylation is 2. The second-order valence-electron chi connectivity index (χ2n) is 4.77. The Kier molecular flexibility index (Phi) is 3.94. The molecule has 0 aromatic carbocycles. The Labute approximate surface area is 103 Å². The molecule has 1 aliphatic rings. The molecular formula is C13H21N3O. The van der Waals surface area contributed by atoms with Crippen molar-refractivity contribution in [3.63, 3.8) is 0 Å². The highest BCUT2D eigenvalue weighted by Gasteiger charge is 2.23. The van der Waals surface area contributed by atoms with Crippen molar-refractivity contribution in [2.24, 2.45) is 0 Å². The van der Waals surface area contributed by atoms with Gasteiger partial charge in [0.25, 0.3) is 0 Å². The molecule has 1 aromatic heterocycles. The number of piperidine rings is 1. The van der Waals surface area contributed by atoms with Crippen LogP contribution in [-0.2, 0) is 0 Å². The molecule has 0 saturated carbocycles. The van der Waals surface area contributed by atoms with E-state index in [-0.39, 0.29) is 6.61 Å². The summed E-state index contributed by atoms with van der Waals surface area (Å²) in [7, 11) is 0. The normalized spacial score (nSPS) is 20.6. The fourth-order valence-electron chi connectivity index (χ4n) is 2.60. The fourth-order valence-corrected chi connectivity index (χ4v) is 2.60. The minimum atomic E-state index is 0.254. The second-order valence-corrected chi connectivity index (χ2v) is 4.77. The van der Waals surface area contributed by atoms with Crippen LogP contribution in [0.2, 0.25) is 0 Å². The molecule has 1 saturated heterocycles. The van der Waals surface area contributed by atoms with Crippen LogP contribution in [0.15, 0.2) is 6.07 Å². The van der Waals surface area contributed by atoms with Crippen LogP contribution in [0.5, 0.6) is 0 Å². The van der Waals surface area contributed by atoms with Crippen molar-refractivity contribution in [2.75, 3.05) is 18.1 Å². The van der Waals surface area contributed by atoms with E-state index in [0.717, 1.165) is 36.7 Å². The number of hydrogen-bond acceptors (Lipinski definition) is 4. The topological polar surface area (TPSA) is 49.2 Å². The first kappa shape index (κ1) is 12.3. The molecule has 4 heteroatoms. The molecule has 0 bridgehead atoms. The van der Waals surface area contributed by atoms with Crippen LogP contribution in [0.4, 0.5) is 5.82 Å². The molecule has 1 N–H and O–H groups in total. The van der Waals surface area contributed by atoms with E-state index in [9.17, 15) is 0 Å². The SMILES string of the molecule is Cc1cc(N2CCCCC2CCO)nc(C)n1. The average Bonchev–Trinajstić information content (AvgIpc) is 2.29. The maximum absolute atomic E-state index is 9.13. The molecule has 0 aliphatic carbocycles. The summed E-state index contributed by atoms with van der Waals surface area (Å²) in [6.07, 6.45) is 4.46. The van der Waals surface area contributed by atoms with Crippen molar-refractivity contribution in [1.29, 1.82) is 0 Å². The lowest BCUT2D eigenvalue weighted by Gasteiger charge is -2.36. The summed E-state index contributed by atoms with van der Waals surface area (Å²) in [5.74, 6) is 1.85. The van der Waals surface area contributed by atoms with Crippen LogP contribution >= 0.6 is 0 Å². The molecule has 1 fully saturated rings. The number of aliphatic hydroxyl groups is 1. The van der Waals surface area contributed by atoms with Crippen molar-refractivity contribution in [2.45, 2.75) is 45.6 Å². The smallest absolute Gasteiger partial charge is 0.132 e. The zero-order valence-electron chi connectivity index (χ0n) is 10.7. The second kappa shape index (κ2) is 5.45. The van der Waals surface area contributed by atoms with E-state index in [2.05, 4.69) is 14.9 Å².